The second-order valence-corrected chi connectivity index (χ2v) is 5.90. The summed E-state index contributed by atoms with van der Waals surface area (Å²) in [5.74, 6) is 0.643. The fourth-order valence-corrected chi connectivity index (χ4v) is 2.87. The highest BCUT2D eigenvalue weighted by molar-refractivity contribution is 5.71. The summed E-state index contributed by atoms with van der Waals surface area (Å²) >= 11 is 0. The monoisotopic (exact) mass is 303 g/mol. The number of benzene rings is 1. The van der Waals surface area contributed by atoms with E-state index >= 15 is 0 Å². The van der Waals surface area contributed by atoms with Crippen molar-refractivity contribution in [2.24, 2.45) is 11.8 Å². The molecule has 0 heterocycles. The van der Waals surface area contributed by atoms with E-state index in [2.05, 4.69) is 44.4 Å². The quantitative estimate of drug-likeness (QED) is 0.512. The van der Waals surface area contributed by atoms with E-state index in [1.165, 1.54) is 12.7 Å². The second-order valence-electron chi connectivity index (χ2n) is 5.90. The number of carbonyl (C=O) groups is 1. The van der Waals surface area contributed by atoms with Gasteiger partial charge in [0.15, 0.2) is 0 Å². The smallest absolute Gasteiger partial charge is 0.319 e. The van der Waals surface area contributed by atoms with Crippen LogP contribution in [0.1, 0.15) is 32.8 Å². The van der Waals surface area contributed by atoms with Gasteiger partial charge in [0.2, 0.25) is 0 Å². The molecule has 0 N–H and O–H groups in total. The topological polar surface area (TPSA) is 29.5 Å². The van der Waals surface area contributed by atoms with Crippen LogP contribution in [0, 0.1) is 11.8 Å². The van der Waals surface area contributed by atoms with Gasteiger partial charge in [0.1, 0.15) is 0 Å². The van der Waals surface area contributed by atoms with E-state index in [1.807, 2.05) is 24.3 Å². The normalized spacial score (nSPS) is 15.1. The Balaban J connectivity index is 2.95. The number of methoxy groups -OCH3 is 1. The van der Waals surface area contributed by atoms with Crippen LogP contribution in [0.2, 0.25) is 0 Å². The molecule has 0 aromatic heterocycles. The molecular weight excluding hydrogens is 274 g/mol. The van der Waals surface area contributed by atoms with Crippen LogP contribution in [0.5, 0.6) is 0 Å². The maximum absolute atomic E-state index is 11.8. The van der Waals surface area contributed by atoms with Crippen molar-refractivity contribution in [2.75, 3.05) is 13.7 Å². The van der Waals surface area contributed by atoms with Crippen LogP contribution >= 0.6 is 0 Å². The molecule has 1 aromatic rings. The minimum Gasteiger partial charge on any atom is -0.468 e. The lowest BCUT2D eigenvalue weighted by atomic mass is 9.86. The van der Waals surface area contributed by atoms with E-state index in [-0.39, 0.29) is 5.97 Å². The largest absolute Gasteiger partial charge is 0.468 e. The number of nitrogens with zero attached hydrogens (tertiary/aromatic N) is 1. The lowest BCUT2D eigenvalue weighted by Crippen LogP contribution is -2.43. The van der Waals surface area contributed by atoms with Crippen molar-refractivity contribution in [1.82, 2.24) is 4.90 Å². The Bertz CT molecular complexity index is 458. The summed E-state index contributed by atoms with van der Waals surface area (Å²) in [6.07, 6.45) is 2.98. The van der Waals surface area contributed by atoms with Gasteiger partial charge in [0.25, 0.3) is 0 Å². The van der Waals surface area contributed by atoms with Crippen LogP contribution in [0.15, 0.2) is 43.0 Å². The molecule has 0 spiro atoms. The molecule has 0 fully saturated rings. The standard InChI is InChI=1S/C19H29NO2/c1-6-15(3)16(4)18(7-2)20(14-19(21)22-5)13-17-11-9-8-10-12-17/h6,8-12,15-16,18H,1,7,13-14H2,2-5H3/t15-,16+,18+/m0/s1. The first-order valence-corrected chi connectivity index (χ1v) is 8.00. The van der Waals surface area contributed by atoms with E-state index in [0.717, 1.165) is 13.0 Å². The summed E-state index contributed by atoms with van der Waals surface area (Å²) in [6.45, 7) is 11.6. The molecule has 0 bridgehead atoms. The Morgan fingerprint density at radius 2 is 1.95 bits per heavy atom. The summed E-state index contributed by atoms with van der Waals surface area (Å²) in [4.78, 5) is 14.0. The summed E-state index contributed by atoms with van der Waals surface area (Å²) < 4.78 is 4.88. The van der Waals surface area contributed by atoms with E-state index in [4.69, 9.17) is 4.74 Å². The zero-order chi connectivity index (χ0) is 16.5. The molecule has 3 atom stereocenters. The maximum Gasteiger partial charge on any atom is 0.319 e. The fourth-order valence-electron chi connectivity index (χ4n) is 2.87. The predicted octanol–water partition coefficient (Wildman–Crippen LogP) is 3.90. The number of hydrogen-bond donors (Lipinski definition) is 0. The number of allylic oxidation sites excluding steroid dienone is 1. The molecule has 0 aliphatic heterocycles. The molecule has 1 aromatic carbocycles. The first-order valence-electron chi connectivity index (χ1n) is 8.00. The third kappa shape index (κ3) is 5.30. The molecule has 0 saturated heterocycles. The lowest BCUT2D eigenvalue weighted by Gasteiger charge is -2.36. The highest BCUT2D eigenvalue weighted by Crippen LogP contribution is 2.24. The third-order valence-corrected chi connectivity index (χ3v) is 4.48. The Kier molecular flexibility index (Phi) is 7.89. The van der Waals surface area contributed by atoms with Crippen LogP contribution in [-0.4, -0.2) is 30.6 Å². The van der Waals surface area contributed by atoms with Crippen molar-refractivity contribution in [1.29, 1.82) is 0 Å². The molecule has 3 heteroatoms. The van der Waals surface area contributed by atoms with E-state index < -0.39 is 0 Å². The van der Waals surface area contributed by atoms with Crippen molar-refractivity contribution < 1.29 is 9.53 Å². The minimum absolute atomic E-state index is 0.187. The molecule has 0 aliphatic rings. The Morgan fingerprint density at radius 1 is 1.32 bits per heavy atom. The van der Waals surface area contributed by atoms with Gasteiger partial charge in [-0.25, -0.2) is 0 Å². The number of rotatable bonds is 9. The van der Waals surface area contributed by atoms with Crippen molar-refractivity contribution in [2.45, 2.75) is 39.8 Å². The molecule has 22 heavy (non-hydrogen) atoms. The van der Waals surface area contributed by atoms with Gasteiger partial charge in [0, 0.05) is 12.6 Å². The van der Waals surface area contributed by atoms with Gasteiger partial charge in [-0.3, -0.25) is 9.69 Å². The fraction of sp³-hybridized carbons (Fsp3) is 0.526. The van der Waals surface area contributed by atoms with Crippen LogP contribution < -0.4 is 0 Å². The Labute approximate surface area is 135 Å². The molecule has 3 nitrogen and oxygen atoms in total. The minimum atomic E-state index is -0.187. The molecule has 122 valence electrons. The van der Waals surface area contributed by atoms with Crippen LogP contribution in [-0.2, 0) is 16.1 Å². The van der Waals surface area contributed by atoms with Gasteiger partial charge >= 0.3 is 5.97 Å². The molecule has 0 radical (unpaired) electrons. The summed E-state index contributed by atoms with van der Waals surface area (Å²) in [6, 6.07) is 10.6. The number of esters is 1. The third-order valence-electron chi connectivity index (χ3n) is 4.48. The summed E-state index contributed by atoms with van der Waals surface area (Å²) in [5.41, 5.74) is 1.21. The van der Waals surface area contributed by atoms with E-state index in [0.29, 0.717) is 24.4 Å². The number of ether oxygens (including phenoxy) is 1. The molecule has 0 aliphatic carbocycles. The number of carbonyl (C=O) groups excluding carboxylic acids is 1. The van der Waals surface area contributed by atoms with Gasteiger partial charge in [0.05, 0.1) is 13.7 Å². The second kappa shape index (κ2) is 9.42. The zero-order valence-corrected chi connectivity index (χ0v) is 14.3. The molecular formula is C19H29NO2. The SMILES string of the molecule is C=C[C@H](C)[C@@H](C)[C@@H](CC)N(CC(=O)OC)Cc1ccccc1. The Morgan fingerprint density at radius 3 is 2.45 bits per heavy atom. The van der Waals surface area contributed by atoms with Crippen molar-refractivity contribution >= 4 is 5.97 Å². The molecule has 0 amide bonds. The highest BCUT2D eigenvalue weighted by atomic mass is 16.5. The zero-order valence-electron chi connectivity index (χ0n) is 14.3. The van der Waals surface area contributed by atoms with Crippen LogP contribution in [0.3, 0.4) is 0 Å². The Hall–Kier alpha value is -1.61. The van der Waals surface area contributed by atoms with E-state index in [1.54, 1.807) is 0 Å². The average Bonchev–Trinajstić information content (AvgIpc) is 2.55. The molecule has 0 saturated carbocycles. The lowest BCUT2D eigenvalue weighted by molar-refractivity contribution is -0.143. The van der Waals surface area contributed by atoms with Crippen LogP contribution in [0.25, 0.3) is 0 Å². The van der Waals surface area contributed by atoms with Gasteiger partial charge in [-0.1, -0.05) is 57.2 Å². The van der Waals surface area contributed by atoms with E-state index in [9.17, 15) is 4.79 Å². The summed E-state index contributed by atoms with van der Waals surface area (Å²) in [7, 11) is 1.44. The number of hydrogen-bond acceptors (Lipinski definition) is 3. The molecule has 0 unspecified atom stereocenters. The van der Waals surface area contributed by atoms with Crippen molar-refractivity contribution in [3.63, 3.8) is 0 Å². The van der Waals surface area contributed by atoms with Gasteiger partial charge in [-0.2, -0.15) is 0 Å². The molecule has 1 rings (SSSR count). The van der Waals surface area contributed by atoms with Crippen molar-refractivity contribution in [3.05, 3.63) is 48.6 Å². The van der Waals surface area contributed by atoms with Gasteiger partial charge in [-0.05, 0) is 23.8 Å². The van der Waals surface area contributed by atoms with Crippen LogP contribution in [0.4, 0.5) is 0 Å². The van der Waals surface area contributed by atoms with Gasteiger partial charge < -0.3 is 4.74 Å². The highest BCUT2D eigenvalue weighted by Gasteiger charge is 2.27. The van der Waals surface area contributed by atoms with Gasteiger partial charge in [-0.15, -0.1) is 6.58 Å². The summed E-state index contributed by atoms with van der Waals surface area (Å²) in [5, 5.41) is 0. The average molecular weight is 303 g/mol. The predicted molar refractivity (Wildman–Crippen MR) is 91.5 cm³/mol. The first kappa shape index (κ1) is 18.4. The maximum atomic E-state index is 11.8. The first-order chi connectivity index (χ1) is 10.5. The van der Waals surface area contributed by atoms with Crippen molar-refractivity contribution in [3.8, 4) is 0 Å².